The van der Waals surface area contributed by atoms with Gasteiger partial charge in [-0.05, 0) is 55.9 Å². The molecule has 0 bridgehead atoms. The number of nitrogens with one attached hydrogen (secondary N) is 4. The molecular formula is C33H51N5O9. The van der Waals surface area contributed by atoms with E-state index in [0.29, 0.717) is 19.3 Å². The van der Waals surface area contributed by atoms with Gasteiger partial charge in [-0.25, -0.2) is 0 Å². The third-order valence-electron chi connectivity index (χ3n) is 8.24. The summed E-state index contributed by atoms with van der Waals surface area (Å²) in [6.07, 6.45) is 0.104. The molecule has 0 aromatic heterocycles. The van der Waals surface area contributed by atoms with Crippen molar-refractivity contribution in [2.75, 3.05) is 0 Å². The number of aliphatic hydroxyl groups excluding tert-OH is 1. The number of aliphatic hydroxyl groups is 1. The average Bonchev–Trinajstić information content (AvgIpc) is 3.01. The second-order valence-electron chi connectivity index (χ2n) is 13.1. The number of amides is 4. The molecule has 1 aliphatic rings. The van der Waals surface area contributed by atoms with Gasteiger partial charge in [0.1, 0.15) is 12.1 Å². The van der Waals surface area contributed by atoms with E-state index >= 15 is 0 Å². The van der Waals surface area contributed by atoms with Gasteiger partial charge in [-0.3, -0.25) is 28.8 Å². The molecule has 2 unspecified atom stereocenters. The summed E-state index contributed by atoms with van der Waals surface area (Å²) in [5.41, 5.74) is 6.56. The van der Waals surface area contributed by atoms with E-state index in [-0.39, 0.29) is 38.0 Å². The van der Waals surface area contributed by atoms with E-state index < -0.39 is 83.7 Å². The molecule has 0 saturated heterocycles. The molecule has 262 valence electrons. The Morgan fingerprint density at radius 3 is 2.11 bits per heavy atom. The third-order valence-corrected chi connectivity index (χ3v) is 8.24. The van der Waals surface area contributed by atoms with Gasteiger partial charge in [-0.1, -0.05) is 64.4 Å². The molecule has 0 aliphatic heterocycles. The number of carbonyl (C=O) groups is 6. The van der Waals surface area contributed by atoms with Crippen LogP contribution in [0.3, 0.4) is 0 Å². The van der Waals surface area contributed by atoms with Crippen molar-refractivity contribution in [1.82, 2.24) is 21.3 Å². The van der Waals surface area contributed by atoms with Crippen LogP contribution >= 0.6 is 0 Å². The highest BCUT2D eigenvalue weighted by Crippen LogP contribution is 2.24. The molecule has 2 rings (SSSR count). The minimum atomic E-state index is -1.69. The highest BCUT2D eigenvalue weighted by atomic mass is 16.4. The molecule has 0 radical (unpaired) electrons. The van der Waals surface area contributed by atoms with E-state index in [0.717, 1.165) is 5.56 Å². The minimum Gasteiger partial charge on any atom is -0.481 e. The fourth-order valence-corrected chi connectivity index (χ4v) is 5.58. The molecule has 0 spiro atoms. The molecule has 1 saturated carbocycles. The van der Waals surface area contributed by atoms with E-state index in [4.69, 9.17) is 10.8 Å². The number of benzene rings is 1. The molecule has 7 atom stereocenters. The highest BCUT2D eigenvalue weighted by molar-refractivity contribution is 5.93. The van der Waals surface area contributed by atoms with Crippen LogP contribution in [-0.4, -0.2) is 87.2 Å². The zero-order chi connectivity index (χ0) is 35.3. The third kappa shape index (κ3) is 13.3. The number of carboxylic acids is 2. The lowest BCUT2D eigenvalue weighted by Crippen LogP contribution is -2.60. The number of hydrogen-bond acceptors (Lipinski definition) is 8. The Kier molecular flexibility index (Phi) is 15.8. The van der Waals surface area contributed by atoms with Gasteiger partial charge in [0.2, 0.25) is 17.7 Å². The smallest absolute Gasteiger partial charge is 0.306 e. The summed E-state index contributed by atoms with van der Waals surface area (Å²) in [6, 6.07) is 4.09. The SMILES string of the molecule is CC(C)C[C@H](NC(=O)[C@@H](NC(=O)[C@@H](N)CCC(=O)O)C(C)C)C(=O)N[C@@H](Cc1ccccc1)[C@@H](O)C(=O)NC1CCCC(C(=O)O)C1. The molecule has 1 fully saturated rings. The Balaban J connectivity index is 2.22. The zero-order valence-electron chi connectivity index (χ0n) is 27.6. The fourth-order valence-electron chi connectivity index (χ4n) is 5.58. The van der Waals surface area contributed by atoms with Gasteiger partial charge >= 0.3 is 11.9 Å². The molecule has 4 amide bonds. The molecule has 1 aromatic carbocycles. The lowest BCUT2D eigenvalue weighted by molar-refractivity contribution is -0.144. The number of aliphatic carboxylic acids is 2. The number of rotatable bonds is 18. The number of nitrogens with two attached hydrogens (primary N) is 1. The predicted molar refractivity (Wildman–Crippen MR) is 173 cm³/mol. The van der Waals surface area contributed by atoms with Crippen molar-refractivity contribution in [2.45, 2.75) is 115 Å². The van der Waals surface area contributed by atoms with Gasteiger partial charge in [-0.2, -0.15) is 0 Å². The Morgan fingerprint density at radius 1 is 0.872 bits per heavy atom. The van der Waals surface area contributed by atoms with Crippen LogP contribution in [0, 0.1) is 17.8 Å². The summed E-state index contributed by atoms with van der Waals surface area (Å²) in [4.78, 5) is 75.4. The van der Waals surface area contributed by atoms with Crippen LogP contribution in [0.5, 0.6) is 0 Å². The number of carboxylic acid groups (broad SMARTS) is 2. The van der Waals surface area contributed by atoms with Crippen LogP contribution in [0.25, 0.3) is 0 Å². The maximum absolute atomic E-state index is 13.7. The van der Waals surface area contributed by atoms with Gasteiger partial charge in [0.05, 0.1) is 18.0 Å². The zero-order valence-corrected chi connectivity index (χ0v) is 27.6. The van der Waals surface area contributed by atoms with Crippen molar-refractivity contribution in [3.05, 3.63) is 35.9 Å². The van der Waals surface area contributed by atoms with Crippen molar-refractivity contribution < 1.29 is 44.1 Å². The van der Waals surface area contributed by atoms with E-state index in [1.54, 1.807) is 44.2 Å². The molecule has 1 aromatic rings. The Morgan fingerprint density at radius 2 is 1.53 bits per heavy atom. The lowest BCUT2D eigenvalue weighted by atomic mass is 9.85. The topological polar surface area (TPSA) is 237 Å². The van der Waals surface area contributed by atoms with Gasteiger partial charge in [0.15, 0.2) is 6.10 Å². The molecule has 1 aliphatic carbocycles. The Hall–Kier alpha value is -4.04. The molecule has 9 N–H and O–H groups in total. The van der Waals surface area contributed by atoms with Crippen LogP contribution in [0.2, 0.25) is 0 Å². The first-order valence-corrected chi connectivity index (χ1v) is 16.2. The first kappa shape index (κ1) is 39.1. The van der Waals surface area contributed by atoms with Crippen molar-refractivity contribution >= 4 is 35.6 Å². The van der Waals surface area contributed by atoms with Crippen molar-refractivity contribution in [3.63, 3.8) is 0 Å². The standard InChI is InChI=1S/C33H51N5O9/c1-18(2)15-25(37-31(44)27(19(3)4)38-29(42)23(34)13-14-26(39)40)30(43)36-24(16-20-9-6-5-7-10-20)28(41)32(45)35-22-12-8-11-21(17-22)33(46)47/h5-7,9-10,18-19,21-25,27-28,41H,8,11-17,34H2,1-4H3,(H,35,45)(H,36,43)(H,37,44)(H,38,42)(H,39,40)(H,46,47)/t21?,22?,23-,24-,25-,27-,28+/m0/s1. The second-order valence-corrected chi connectivity index (χ2v) is 13.1. The minimum absolute atomic E-state index is 0.0585. The largest absolute Gasteiger partial charge is 0.481 e. The Bertz CT molecular complexity index is 1230. The van der Waals surface area contributed by atoms with Gasteiger partial charge < -0.3 is 42.3 Å². The van der Waals surface area contributed by atoms with Gasteiger partial charge in [0.25, 0.3) is 5.91 Å². The summed E-state index contributed by atoms with van der Waals surface area (Å²) in [6.45, 7) is 7.10. The predicted octanol–water partition coefficient (Wildman–Crippen LogP) is 0.698. The number of hydrogen-bond donors (Lipinski definition) is 8. The molecule has 14 nitrogen and oxygen atoms in total. The maximum Gasteiger partial charge on any atom is 0.306 e. The van der Waals surface area contributed by atoms with Crippen LogP contribution < -0.4 is 27.0 Å². The average molecular weight is 662 g/mol. The molecule has 14 heteroatoms. The van der Waals surface area contributed by atoms with E-state index in [2.05, 4.69) is 21.3 Å². The van der Waals surface area contributed by atoms with E-state index in [1.165, 1.54) is 0 Å². The van der Waals surface area contributed by atoms with E-state index in [1.807, 2.05) is 13.8 Å². The summed E-state index contributed by atoms with van der Waals surface area (Å²) in [5, 5.41) is 40.3. The summed E-state index contributed by atoms with van der Waals surface area (Å²) in [5.74, 6) is -5.84. The van der Waals surface area contributed by atoms with Crippen LogP contribution in [0.4, 0.5) is 0 Å². The monoisotopic (exact) mass is 661 g/mol. The molecular weight excluding hydrogens is 610 g/mol. The van der Waals surface area contributed by atoms with Crippen LogP contribution in [0.1, 0.15) is 78.2 Å². The molecule has 47 heavy (non-hydrogen) atoms. The maximum atomic E-state index is 13.7. The van der Waals surface area contributed by atoms with Crippen molar-refractivity contribution in [1.29, 1.82) is 0 Å². The van der Waals surface area contributed by atoms with Crippen LogP contribution in [-0.2, 0) is 35.2 Å². The highest BCUT2D eigenvalue weighted by Gasteiger charge is 2.35. The summed E-state index contributed by atoms with van der Waals surface area (Å²) < 4.78 is 0. The first-order chi connectivity index (χ1) is 22.1. The fraction of sp³-hybridized carbons (Fsp3) is 0.636. The first-order valence-electron chi connectivity index (χ1n) is 16.2. The quantitative estimate of drug-likeness (QED) is 0.110. The summed E-state index contributed by atoms with van der Waals surface area (Å²) >= 11 is 0. The second kappa shape index (κ2) is 18.9. The molecule has 0 heterocycles. The normalized spacial score (nSPS) is 19.5. The van der Waals surface area contributed by atoms with Crippen molar-refractivity contribution in [2.24, 2.45) is 23.5 Å². The van der Waals surface area contributed by atoms with Gasteiger partial charge in [-0.15, -0.1) is 0 Å². The number of carbonyl (C=O) groups excluding carboxylic acids is 4. The van der Waals surface area contributed by atoms with Gasteiger partial charge in [0, 0.05) is 12.5 Å². The van der Waals surface area contributed by atoms with E-state index in [9.17, 15) is 39.0 Å². The van der Waals surface area contributed by atoms with Crippen molar-refractivity contribution in [3.8, 4) is 0 Å². The lowest BCUT2D eigenvalue weighted by Gasteiger charge is -2.31. The Labute approximate surface area is 275 Å². The summed E-state index contributed by atoms with van der Waals surface area (Å²) in [7, 11) is 0. The van der Waals surface area contributed by atoms with Crippen LogP contribution in [0.15, 0.2) is 30.3 Å².